The molecule has 0 rings (SSSR count). The molecule has 0 spiro atoms. The van der Waals surface area contributed by atoms with Gasteiger partial charge in [0, 0.05) is 125 Å². The first-order valence-electron chi connectivity index (χ1n) is 12.6. The summed E-state index contributed by atoms with van der Waals surface area (Å²) in [4.78, 5) is 61.4. The third kappa shape index (κ3) is 21.5. The Morgan fingerprint density at radius 1 is 0.737 bits per heavy atom. The Hall–Kier alpha value is -0.301. The Bertz CT molecular complexity index is 706. The van der Waals surface area contributed by atoms with Crippen LogP contribution in [-0.2, 0) is 24.0 Å². The van der Waals surface area contributed by atoms with Gasteiger partial charge in [-0.15, -0.1) is 0 Å². The van der Waals surface area contributed by atoms with Crippen LogP contribution in [0, 0.1) is 111 Å². The van der Waals surface area contributed by atoms with Crippen LogP contribution in [0.5, 0.6) is 0 Å². The van der Waals surface area contributed by atoms with E-state index >= 15 is 0 Å². The summed E-state index contributed by atoms with van der Waals surface area (Å²) < 4.78 is 0. The van der Waals surface area contributed by atoms with E-state index in [1.54, 1.807) is 4.90 Å². The second kappa shape index (κ2) is 24.5. The quantitative estimate of drug-likeness (QED) is 0.0943. The fourth-order valence-electron chi connectivity index (χ4n) is 3.36. The summed E-state index contributed by atoms with van der Waals surface area (Å²) in [5.74, 6) is -1.27. The van der Waals surface area contributed by atoms with E-state index in [1.807, 2.05) is 34.6 Å². The van der Waals surface area contributed by atoms with E-state index < -0.39 is 17.9 Å². The SMILES string of the molecule is [CH2-]C(=O)NCCN(CCNC([CH2-])=O)CC(=O)NCCNC(=O)[C@H](CC(C)C)NC(=O)[C@@H](C)C(C)CC.[Gd].[Gd]. The molecule has 11 nitrogen and oxygen atoms in total. The number of nitrogens with zero attached hydrogens (tertiary/aromatic N) is 1. The number of rotatable bonds is 18. The minimum absolute atomic E-state index is 0. The van der Waals surface area contributed by atoms with E-state index in [2.05, 4.69) is 40.4 Å². The first-order valence-corrected chi connectivity index (χ1v) is 12.6. The second-order valence-electron chi connectivity index (χ2n) is 9.48. The Labute approximate surface area is 292 Å². The van der Waals surface area contributed by atoms with Gasteiger partial charge in [0.1, 0.15) is 6.04 Å². The van der Waals surface area contributed by atoms with Gasteiger partial charge in [0.2, 0.25) is 17.7 Å². The van der Waals surface area contributed by atoms with Gasteiger partial charge in [0.05, 0.1) is 18.4 Å². The number of hydrogen-bond donors (Lipinski definition) is 5. The zero-order valence-corrected chi connectivity index (χ0v) is 27.8. The predicted octanol–water partition coefficient (Wildman–Crippen LogP) is -0.366. The average molecular weight is 825 g/mol. The summed E-state index contributed by atoms with van der Waals surface area (Å²) in [6, 6.07) is -0.637. The summed E-state index contributed by atoms with van der Waals surface area (Å²) in [5.41, 5.74) is 0. The Kier molecular flexibility index (Phi) is 27.2. The van der Waals surface area contributed by atoms with Crippen LogP contribution in [0.1, 0.15) is 47.5 Å². The maximum absolute atomic E-state index is 12.7. The van der Waals surface area contributed by atoms with Gasteiger partial charge in [0.15, 0.2) is 0 Å². The van der Waals surface area contributed by atoms with Crippen molar-refractivity contribution >= 4 is 29.5 Å². The van der Waals surface area contributed by atoms with Crippen LogP contribution in [0.15, 0.2) is 0 Å². The van der Waals surface area contributed by atoms with Gasteiger partial charge in [-0.25, -0.2) is 0 Å². The molecule has 0 aliphatic heterocycles. The van der Waals surface area contributed by atoms with Crippen LogP contribution < -0.4 is 26.6 Å². The number of amides is 5. The first-order chi connectivity index (χ1) is 16.9. The molecule has 0 heterocycles. The van der Waals surface area contributed by atoms with E-state index in [0.29, 0.717) is 32.6 Å². The molecule has 0 aromatic heterocycles. The van der Waals surface area contributed by atoms with Gasteiger partial charge in [-0.05, 0) is 18.3 Å². The molecule has 0 fully saturated rings. The number of nitrogens with one attached hydrogen (secondary N) is 5. The van der Waals surface area contributed by atoms with Gasteiger partial charge in [-0.3, -0.25) is 19.3 Å². The van der Waals surface area contributed by atoms with Gasteiger partial charge >= 0.3 is 0 Å². The minimum atomic E-state index is -0.637. The molecule has 0 aromatic rings. The first kappa shape index (κ1) is 42.2. The van der Waals surface area contributed by atoms with E-state index in [-0.39, 0.29) is 135 Å². The van der Waals surface area contributed by atoms with E-state index in [4.69, 9.17) is 0 Å². The molecule has 0 bridgehead atoms. The topological polar surface area (TPSA) is 149 Å². The molecule has 1 unspecified atom stereocenters. The fraction of sp³-hybridized carbons (Fsp3) is 0.720. The molecule has 0 aromatic carbocycles. The molecule has 0 aliphatic rings. The van der Waals surface area contributed by atoms with E-state index in [9.17, 15) is 24.0 Å². The van der Waals surface area contributed by atoms with Crippen molar-refractivity contribution in [2.24, 2.45) is 17.8 Å². The van der Waals surface area contributed by atoms with Gasteiger partial charge in [0.25, 0.3) is 0 Å². The number of carbonyl (C=O) groups is 5. The molecular formula is C25H46Gd2N6O5-2. The standard InChI is InChI=1S/C25H46N6O5.2Gd/c1-8-18(4)19(5)24(35)30-22(15-17(2)3)25(36)29-10-9-28-23(34)16-31(13-11-26-20(6)32)14-12-27-21(7)33;;/h17-19,22H,6-16H2,1-5H3,(H,26,32)(H,27,33)(H,28,34)(H,29,36)(H,30,35);;/q-2;;/t18?,19-,22-;;/m0../s1. The average Bonchev–Trinajstić information content (AvgIpc) is 2.79. The molecule has 0 saturated heterocycles. The predicted molar refractivity (Wildman–Crippen MR) is 139 cm³/mol. The van der Waals surface area contributed by atoms with Crippen LogP contribution in [-0.4, -0.2) is 86.3 Å². The Morgan fingerprint density at radius 2 is 1.24 bits per heavy atom. The van der Waals surface area contributed by atoms with Crippen molar-refractivity contribution in [3.63, 3.8) is 0 Å². The number of carbonyl (C=O) groups excluding carboxylic acids is 5. The summed E-state index contributed by atoms with van der Waals surface area (Å²) in [6.07, 6.45) is 1.39. The molecule has 38 heavy (non-hydrogen) atoms. The van der Waals surface area contributed by atoms with Crippen LogP contribution in [0.4, 0.5) is 0 Å². The van der Waals surface area contributed by atoms with E-state index in [0.717, 1.165) is 6.42 Å². The zero-order chi connectivity index (χ0) is 27.7. The molecular weight excluding hydrogens is 779 g/mol. The van der Waals surface area contributed by atoms with Gasteiger partial charge < -0.3 is 50.0 Å². The molecule has 0 radical (unpaired) electrons. The van der Waals surface area contributed by atoms with Gasteiger partial charge in [-0.2, -0.15) is 0 Å². The maximum Gasteiger partial charge on any atom is 0.242 e. The molecule has 0 aliphatic carbocycles. The van der Waals surface area contributed by atoms with Crippen molar-refractivity contribution in [1.82, 2.24) is 31.5 Å². The van der Waals surface area contributed by atoms with Crippen molar-refractivity contribution in [3.8, 4) is 0 Å². The normalized spacial score (nSPS) is 12.7. The summed E-state index contributed by atoms with van der Waals surface area (Å²) in [7, 11) is 0. The largest absolute Gasteiger partial charge is 0.380 e. The minimum Gasteiger partial charge on any atom is -0.380 e. The zero-order valence-electron chi connectivity index (χ0n) is 23.3. The van der Waals surface area contributed by atoms with Crippen LogP contribution >= 0.6 is 0 Å². The van der Waals surface area contributed by atoms with Crippen molar-refractivity contribution in [2.45, 2.75) is 53.5 Å². The molecule has 224 valence electrons. The molecule has 5 N–H and O–H groups in total. The fourth-order valence-corrected chi connectivity index (χ4v) is 3.36. The van der Waals surface area contributed by atoms with Crippen molar-refractivity contribution in [1.29, 1.82) is 0 Å². The van der Waals surface area contributed by atoms with Crippen LogP contribution in [0.2, 0.25) is 0 Å². The Balaban J connectivity index is -0.00000612. The van der Waals surface area contributed by atoms with Crippen LogP contribution in [0.25, 0.3) is 0 Å². The maximum atomic E-state index is 12.7. The molecule has 3 atom stereocenters. The number of hydrogen-bond acceptors (Lipinski definition) is 6. The Morgan fingerprint density at radius 3 is 1.68 bits per heavy atom. The van der Waals surface area contributed by atoms with Crippen LogP contribution in [0.3, 0.4) is 0 Å². The van der Waals surface area contributed by atoms with Crippen molar-refractivity contribution in [3.05, 3.63) is 13.8 Å². The monoisotopic (exact) mass is 826 g/mol. The van der Waals surface area contributed by atoms with E-state index in [1.165, 1.54) is 0 Å². The summed E-state index contributed by atoms with van der Waals surface area (Å²) in [6.45, 7) is 18.2. The molecule has 13 heteroatoms. The van der Waals surface area contributed by atoms with Crippen molar-refractivity contribution in [2.75, 3.05) is 45.8 Å². The van der Waals surface area contributed by atoms with Crippen molar-refractivity contribution < 1.29 is 104 Å². The third-order valence-corrected chi connectivity index (χ3v) is 5.87. The van der Waals surface area contributed by atoms with Gasteiger partial charge in [-0.1, -0.05) is 41.0 Å². The smallest absolute Gasteiger partial charge is 0.242 e. The second-order valence-corrected chi connectivity index (χ2v) is 9.48. The molecule has 5 amide bonds. The molecule has 0 saturated carbocycles. The summed E-state index contributed by atoms with van der Waals surface area (Å²) >= 11 is 0. The summed E-state index contributed by atoms with van der Waals surface area (Å²) in [5, 5.41) is 13.5. The third-order valence-electron chi connectivity index (χ3n) is 5.87.